The number of allylic oxidation sites excluding steroid dienone is 4. The van der Waals surface area contributed by atoms with Gasteiger partial charge in [-0.05, 0) is 68.4 Å². The molecule has 0 N–H and O–H groups in total. The Morgan fingerprint density at radius 2 is 1.97 bits per heavy atom. The van der Waals surface area contributed by atoms with Crippen molar-refractivity contribution in [2.45, 2.75) is 39.5 Å². The number of methoxy groups -OCH3 is 1. The van der Waals surface area contributed by atoms with E-state index in [2.05, 4.69) is 25.7 Å². The van der Waals surface area contributed by atoms with E-state index >= 15 is 0 Å². The molecule has 31 heavy (non-hydrogen) atoms. The van der Waals surface area contributed by atoms with Gasteiger partial charge in [0.05, 0.1) is 12.5 Å². The van der Waals surface area contributed by atoms with Gasteiger partial charge in [-0.15, -0.1) is 6.42 Å². The van der Waals surface area contributed by atoms with Crippen molar-refractivity contribution >= 4 is 23.4 Å². The predicted octanol–water partition coefficient (Wildman–Crippen LogP) is 5.08. The smallest absolute Gasteiger partial charge is 0.186 e. The highest BCUT2D eigenvalue weighted by molar-refractivity contribution is 6.10. The summed E-state index contributed by atoms with van der Waals surface area (Å²) in [6, 6.07) is 3.69. The highest BCUT2D eigenvalue weighted by atomic mass is 16.5. The van der Waals surface area contributed by atoms with Crippen molar-refractivity contribution in [1.29, 1.82) is 0 Å². The van der Waals surface area contributed by atoms with Crippen molar-refractivity contribution in [2.24, 2.45) is 5.41 Å². The largest absolute Gasteiger partial charge is 0.496 e. The third kappa shape index (κ3) is 4.83. The van der Waals surface area contributed by atoms with Crippen molar-refractivity contribution in [3.8, 4) is 18.1 Å². The summed E-state index contributed by atoms with van der Waals surface area (Å²) < 4.78 is 5.34. The van der Waals surface area contributed by atoms with E-state index in [1.807, 2.05) is 12.1 Å². The number of hydrogen-bond donors (Lipinski definition) is 0. The molecule has 1 aliphatic carbocycles. The van der Waals surface area contributed by atoms with Crippen LogP contribution in [0.15, 0.2) is 54.7 Å². The molecule has 0 bridgehead atoms. The SMILES string of the molecule is C#CC(CCC1=CC(=O)c2c(ccc(OC)c2C=C)C1)(CC(=C)C(=O)C(=C)C)C(C)=O. The van der Waals surface area contributed by atoms with Crippen molar-refractivity contribution in [2.75, 3.05) is 7.11 Å². The number of terminal acetylenes is 1. The molecule has 1 aromatic carbocycles. The summed E-state index contributed by atoms with van der Waals surface area (Å²) in [6.45, 7) is 14.3. The van der Waals surface area contributed by atoms with Gasteiger partial charge < -0.3 is 4.74 Å². The standard InChI is InChI=1S/C27H28O4/c1-8-22-24(31-7)11-10-21-14-20(15-23(29)25(21)22)12-13-27(9-2,19(6)28)16-18(5)26(30)17(3)4/h2,8,10-11,15H,1,3,5,12-14,16H2,4,6-7H3. The lowest BCUT2D eigenvalue weighted by Gasteiger charge is -2.28. The second-order valence-corrected chi connectivity index (χ2v) is 7.94. The Morgan fingerprint density at radius 3 is 2.48 bits per heavy atom. The van der Waals surface area contributed by atoms with Gasteiger partial charge in [0.25, 0.3) is 0 Å². The van der Waals surface area contributed by atoms with Crippen LogP contribution in [-0.2, 0) is 16.0 Å². The number of rotatable bonds is 10. The van der Waals surface area contributed by atoms with Gasteiger partial charge in [0.2, 0.25) is 0 Å². The highest BCUT2D eigenvalue weighted by Gasteiger charge is 2.35. The second-order valence-electron chi connectivity index (χ2n) is 7.94. The van der Waals surface area contributed by atoms with E-state index in [1.54, 1.807) is 26.2 Å². The first-order chi connectivity index (χ1) is 14.6. The van der Waals surface area contributed by atoms with Crippen LogP contribution < -0.4 is 4.74 Å². The molecule has 2 rings (SSSR count). The maximum Gasteiger partial charge on any atom is 0.186 e. The minimum Gasteiger partial charge on any atom is -0.496 e. The molecule has 1 aliphatic rings. The molecule has 0 aromatic heterocycles. The van der Waals surface area contributed by atoms with Crippen LogP contribution in [0, 0.1) is 17.8 Å². The van der Waals surface area contributed by atoms with Gasteiger partial charge in [-0.2, -0.15) is 0 Å². The van der Waals surface area contributed by atoms with Crippen molar-refractivity contribution < 1.29 is 19.1 Å². The van der Waals surface area contributed by atoms with E-state index in [1.165, 1.54) is 6.92 Å². The number of benzene rings is 1. The number of fused-ring (bicyclic) bond motifs is 1. The fourth-order valence-electron chi connectivity index (χ4n) is 3.91. The number of Topliss-reactive ketones (excluding diaryl/α,β-unsaturated/α-hetero) is 2. The van der Waals surface area contributed by atoms with Gasteiger partial charge in [0, 0.05) is 11.1 Å². The number of ether oxygens (including phenoxy) is 1. The molecule has 0 saturated carbocycles. The van der Waals surface area contributed by atoms with Crippen LogP contribution in [0.2, 0.25) is 0 Å². The van der Waals surface area contributed by atoms with Gasteiger partial charge in [-0.25, -0.2) is 0 Å². The third-order valence-corrected chi connectivity index (χ3v) is 5.76. The molecule has 160 valence electrons. The number of carbonyl (C=O) groups excluding carboxylic acids is 3. The summed E-state index contributed by atoms with van der Waals surface area (Å²) in [6.07, 6.45) is 10.4. The summed E-state index contributed by atoms with van der Waals surface area (Å²) >= 11 is 0. The van der Waals surface area contributed by atoms with E-state index in [-0.39, 0.29) is 29.3 Å². The molecule has 0 heterocycles. The zero-order valence-corrected chi connectivity index (χ0v) is 18.5. The summed E-state index contributed by atoms with van der Waals surface area (Å²) in [5.74, 6) is 2.60. The molecular weight excluding hydrogens is 388 g/mol. The third-order valence-electron chi connectivity index (χ3n) is 5.76. The molecule has 0 radical (unpaired) electrons. The van der Waals surface area contributed by atoms with Crippen LogP contribution in [0.4, 0.5) is 0 Å². The van der Waals surface area contributed by atoms with Gasteiger partial charge in [0.15, 0.2) is 11.6 Å². The molecule has 4 heteroatoms. The summed E-state index contributed by atoms with van der Waals surface area (Å²) in [4.78, 5) is 37.5. The topological polar surface area (TPSA) is 60.4 Å². The van der Waals surface area contributed by atoms with Crippen molar-refractivity contribution in [3.05, 3.63) is 71.4 Å². The molecule has 1 unspecified atom stereocenters. The van der Waals surface area contributed by atoms with Gasteiger partial charge in [-0.3, -0.25) is 14.4 Å². The number of ketones is 3. The quantitative estimate of drug-likeness (QED) is 0.394. The van der Waals surface area contributed by atoms with Gasteiger partial charge >= 0.3 is 0 Å². The van der Waals surface area contributed by atoms with Crippen LogP contribution in [-0.4, -0.2) is 24.5 Å². The highest BCUT2D eigenvalue weighted by Crippen LogP contribution is 2.37. The zero-order chi connectivity index (χ0) is 23.3. The normalized spacial score (nSPS) is 14.4. The van der Waals surface area contributed by atoms with E-state index in [4.69, 9.17) is 11.2 Å². The van der Waals surface area contributed by atoms with Crippen molar-refractivity contribution in [1.82, 2.24) is 0 Å². The molecule has 0 fully saturated rings. The fourth-order valence-corrected chi connectivity index (χ4v) is 3.91. The molecule has 4 nitrogen and oxygen atoms in total. The monoisotopic (exact) mass is 416 g/mol. The lowest BCUT2D eigenvalue weighted by Crippen LogP contribution is -2.30. The minimum atomic E-state index is -1.15. The van der Waals surface area contributed by atoms with E-state index in [9.17, 15) is 14.4 Å². The summed E-state index contributed by atoms with van der Waals surface area (Å²) in [5, 5.41) is 0. The van der Waals surface area contributed by atoms with E-state index in [0.717, 1.165) is 11.1 Å². The Balaban J connectivity index is 2.28. The summed E-state index contributed by atoms with van der Waals surface area (Å²) in [7, 11) is 1.55. The van der Waals surface area contributed by atoms with E-state index in [0.29, 0.717) is 41.7 Å². The molecule has 0 aliphatic heterocycles. The van der Waals surface area contributed by atoms with Gasteiger partial charge in [-0.1, -0.05) is 43.4 Å². The van der Waals surface area contributed by atoms with Crippen LogP contribution in [0.3, 0.4) is 0 Å². The first-order valence-corrected chi connectivity index (χ1v) is 10.0. The molecule has 0 amide bonds. The summed E-state index contributed by atoms with van der Waals surface area (Å²) in [5.41, 5.74) is 2.50. The molecular formula is C27H28O4. The average Bonchev–Trinajstić information content (AvgIpc) is 2.74. The fraction of sp³-hybridized carbons (Fsp3) is 0.296. The number of carbonyl (C=O) groups is 3. The van der Waals surface area contributed by atoms with E-state index < -0.39 is 5.41 Å². The number of hydrogen-bond acceptors (Lipinski definition) is 4. The zero-order valence-electron chi connectivity index (χ0n) is 18.5. The maximum atomic E-state index is 12.9. The molecule has 0 spiro atoms. The molecule has 0 saturated heterocycles. The first-order valence-electron chi connectivity index (χ1n) is 10.0. The second kappa shape index (κ2) is 9.57. The Bertz CT molecular complexity index is 1060. The van der Waals surface area contributed by atoms with Crippen LogP contribution in [0.5, 0.6) is 5.75 Å². The average molecular weight is 417 g/mol. The Labute approximate surface area is 184 Å². The van der Waals surface area contributed by atoms with Crippen LogP contribution in [0.1, 0.15) is 54.6 Å². The van der Waals surface area contributed by atoms with Crippen LogP contribution >= 0.6 is 0 Å². The Morgan fingerprint density at radius 1 is 1.29 bits per heavy atom. The maximum absolute atomic E-state index is 12.9. The molecule has 1 atom stereocenters. The Kier molecular flexibility index (Phi) is 7.36. The van der Waals surface area contributed by atoms with Crippen molar-refractivity contribution in [3.63, 3.8) is 0 Å². The first kappa shape index (κ1) is 23.8. The van der Waals surface area contributed by atoms with Gasteiger partial charge in [0.1, 0.15) is 11.5 Å². The van der Waals surface area contributed by atoms with Crippen LogP contribution in [0.25, 0.3) is 6.08 Å². The minimum absolute atomic E-state index is 0.0696. The molecule has 1 aromatic rings. The lowest BCUT2D eigenvalue weighted by molar-refractivity contribution is -0.124. The Hall–Kier alpha value is -3.45. The predicted molar refractivity (Wildman–Crippen MR) is 124 cm³/mol. The lowest BCUT2D eigenvalue weighted by atomic mass is 9.73.